The molecule has 0 unspecified atom stereocenters. The van der Waals surface area contributed by atoms with Crippen molar-refractivity contribution in [1.29, 1.82) is 0 Å². The van der Waals surface area contributed by atoms with Crippen molar-refractivity contribution in [2.45, 2.75) is 85.1 Å². The van der Waals surface area contributed by atoms with Gasteiger partial charge in [0.15, 0.2) is 0 Å². The van der Waals surface area contributed by atoms with Crippen molar-refractivity contribution in [1.82, 2.24) is 9.55 Å². The average molecular weight is 265 g/mol. The number of anilines is 1. The number of aromatic nitrogens is 2. The van der Waals surface area contributed by atoms with Crippen LogP contribution in [0.3, 0.4) is 0 Å². The maximum Gasteiger partial charge on any atom is 0.127 e. The fourth-order valence-electron chi connectivity index (χ4n) is 2.49. The Balaban J connectivity index is 2.95. The van der Waals surface area contributed by atoms with Gasteiger partial charge in [0.1, 0.15) is 11.6 Å². The topological polar surface area (TPSA) is 43.8 Å². The first-order valence-corrected chi connectivity index (χ1v) is 7.66. The Hall–Kier alpha value is -0.990. The van der Waals surface area contributed by atoms with Crippen molar-refractivity contribution in [3.05, 3.63) is 11.5 Å². The van der Waals surface area contributed by atoms with E-state index in [1.807, 2.05) is 0 Å². The first-order chi connectivity index (χ1) is 8.79. The van der Waals surface area contributed by atoms with Gasteiger partial charge >= 0.3 is 0 Å². The van der Waals surface area contributed by atoms with Gasteiger partial charge in [0, 0.05) is 11.5 Å². The van der Waals surface area contributed by atoms with Gasteiger partial charge < -0.3 is 10.3 Å². The zero-order valence-electron chi connectivity index (χ0n) is 13.6. The lowest BCUT2D eigenvalue weighted by atomic mass is 10.1. The SMILES string of the molecule is CCCCCCc1nc(C(C)C)n(C(C)(C)C)c1N. The van der Waals surface area contributed by atoms with Crippen LogP contribution in [0.2, 0.25) is 0 Å². The van der Waals surface area contributed by atoms with Gasteiger partial charge in [-0.15, -0.1) is 0 Å². The third-order valence-corrected chi connectivity index (χ3v) is 3.47. The predicted octanol–water partition coefficient (Wildman–Crippen LogP) is 4.47. The molecule has 2 N–H and O–H groups in total. The lowest BCUT2D eigenvalue weighted by molar-refractivity contribution is 0.382. The van der Waals surface area contributed by atoms with Crippen molar-refractivity contribution in [3.63, 3.8) is 0 Å². The molecule has 1 heterocycles. The summed E-state index contributed by atoms with van der Waals surface area (Å²) in [5.41, 5.74) is 7.43. The minimum Gasteiger partial charge on any atom is -0.384 e. The number of nitrogens with zero attached hydrogens (tertiary/aromatic N) is 2. The largest absolute Gasteiger partial charge is 0.384 e. The summed E-state index contributed by atoms with van der Waals surface area (Å²) in [7, 11) is 0. The molecule has 1 rings (SSSR count). The molecule has 0 atom stereocenters. The van der Waals surface area contributed by atoms with E-state index in [0.29, 0.717) is 5.92 Å². The lowest BCUT2D eigenvalue weighted by Gasteiger charge is -2.26. The Morgan fingerprint density at radius 1 is 1.16 bits per heavy atom. The second-order valence-electron chi connectivity index (χ2n) is 6.77. The Kier molecular flexibility index (Phi) is 5.45. The van der Waals surface area contributed by atoms with E-state index in [4.69, 9.17) is 10.7 Å². The van der Waals surface area contributed by atoms with E-state index < -0.39 is 0 Å². The quantitative estimate of drug-likeness (QED) is 0.771. The van der Waals surface area contributed by atoms with Crippen LogP contribution in [0.1, 0.15) is 84.7 Å². The smallest absolute Gasteiger partial charge is 0.127 e. The van der Waals surface area contributed by atoms with Crippen molar-refractivity contribution < 1.29 is 0 Å². The van der Waals surface area contributed by atoms with Gasteiger partial charge in [0.25, 0.3) is 0 Å². The maximum absolute atomic E-state index is 6.34. The van der Waals surface area contributed by atoms with Crippen LogP contribution in [0, 0.1) is 0 Å². The third kappa shape index (κ3) is 3.99. The summed E-state index contributed by atoms with van der Waals surface area (Å²) in [5.74, 6) is 2.40. The van der Waals surface area contributed by atoms with Gasteiger partial charge in [-0.05, 0) is 33.6 Å². The summed E-state index contributed by atoms with van der Waals surface area (Å²) in [6, 6.07) is 0. The zero-order valence-corrected chi connectivity index (χ0v) is 13.6. The molecule has 1 aromatic heterocycles. The highest BCUT2D eigenvalue weighted by atomic mass is 15.2. The molecule has 0 aliphatic carbocycles. The lowest BCUT2D eigenvalue weighted by Crippen LogP contribution is -2.26. The van der Waals surface area contributed by atoms with Crippen LogP contribution < -0.4 is 5.73 Å². The van der Waals surface area contributed by atoms with Gasteiger partial charge in [-0.25, -0.2) is 4.98 Å². The minimum atomic E-state index is -0.00163. The van der Waals surface area contributed by atoms with Crippen LogP contribution in [0.4, 0.5) is 5.82 Å². The number of hydrogen-bond donors (Lipinski definition) is 1. The number of rotatable bonds is 6. The molecule has 0 spiro atoms. The number of imidazole rings is 1. The van der Waals surface area contributed by atoms with Crippen LogP contribution in [0.5, 0.6) is 0 Å². The Morgan fingerprint density at radius 2 is 1.79 bits per heavy atom. The molecule has 0 fully saturated rings. The summed E-state index contributed by atoms with van der Waals surface area (Å²) >= 11 is 0. The van der Waals surface area contributed by atoms with Gasteiger partial charge in [0.2, 0.25) is 0 Å². The van der Waals surface area contributed by atoms with Crippen LogP contribution in [-0.4, -0.2) is 9.55 Å². The molecule has 0 aromatic carbocycles. The van der Waals surface area contributed by atoms with Crippen LogP contribution in [0.25, 0.3) is 0 Å². The number of nitrogens with two attached hydrogens (primary N) is 1. The van der Waals surface area contributed by atoms with Crippen LogP contribution in [0.15, 0.2) is 0 Å². The minimum absolute atomic E-state index is 0.00163. The molecular weight excluding hydrogens is 234 g/mol. The van der Waals surface area contributed by atoms with E-state index in [1.54, 1.807) is 0 Å². The Morgan fingerprint density at radius 3 is 2.21 bits per heavy atom. The highest BCUT2D eigenvalue weighted by molar-refractivity contribution is 5.40. The first kappa shape index (κ1) is 16.1. The first-order valence-electron chi connectivity index (χ1n) is 7.66. The summed E-state index contributed by atoms with van der Waals surface area (Å²) < 4.78 is 2.22. The number of nitrogen functional groups attached to an aromatic ring is 1. The van der Waals surface area contributed by atoms with E-state index in [2.05, 4.69) is 46.1 Å². The molecule has 110 valence electrons. The molecule has 0 saturated heterocycles. The van der Waals surface area contributed by atoms with Gasteiger partial charge in [-0.1, -0.05) is 40.0 Å². The Bertz CT molecular complexity index is 397. The summed E-state index contributed by atoms with van der Waals surface area (Å²) in [5, 5.41) is 0. The van der Waals surface area contributed by atoms with E-state index in [0.717, 1.165) is 23.8 Å². The highest BCUT2D eigenvalue weighted by Crippen LogP contribution is 2.29. The molecule has 19 heavy (non-hydrogen) atoms. The third-order valence-electron chi connectivity index (χ3n) is 3.47. The molecule has 0 aliphatic heterocycles. The standard InChI is InChI=1S/C16H31N3/c1-7-8-9-10-11-13-14(17)19(16(4,5)6)15(18-13)12(2)3/h12H,7-11,17H2,1-6H3. The second kappa shape index (κ2) is 6.44. The van der Waals surface area contributed by atoms with E-state index in [1.165, 1.54) is 25.7 Å². The molecule has 0 bridgehead atoms. The van der Waals surface area contributed by atoms with Crippen molar-refractivity contribution in [2.24, 2.45) is 0 Å². The van der Waals surface area contributed by atoms with E-state index in [9.17, 15) is 0 Å². The molecular formula is C16H31N3. The maximum atomic E-state index is 6.34. The number of aryl methyl sites for hydroxylation is 1. The molecule has 0 saturated carbocycles. The van der Waals surface area contributed by atoms with Crippen molar-refractivity contribution in [2.75, 3.05) is 5.73 Å². The molecule has 3 nitrogen and oxygen atoms in total. The predicted molar refractivity (Wildman–Crippen MR) is 83.6 cm³/mol. The fraction of sp³-hybridized carbons (Fsp3) is 0.812. The van der Waals surface area contributed by atoms with Gasteiger partial charge in [-0.3, -0.25) is 0 Å². The zero-order chi connectivity index (χ0) is 14.6. The summed E-state index contributed by atoms with van der Waals surface area (Å²) in [6.07, 6.45) is 6.04. The van der Waals surface area contributed by atoms with E-state index >= 15 is 0 Å². The molecule has 0 amide bonds. The van der Waals surface area contributed by atoms with Crippen molar-refractivity contribution >= 4 is 5.82 Å². The van der Waals surface area contributed by atoms with Crippen LogP contribution in [-0.2, 0) is 12.0 Å². The molecule has 0 radical (unpaired) electrons. The second-order valence-corrected chi connectivity index (χ2v) is 6.77. The molecule has 1 aromatic rings. The normalized spacial score (nSPS) is 12.4. The number of hydrogen-bond acceptors (Lipinski definition) is 2. The summed E-state index contributed by atoms with van der Waals surface area (Å²) in [6.45, 7) is 13.2. The monoisotopic (exact) mass is 265 g/mol. The number of unbranched alkanes of at least 4 members (excludes halogenated alkanes) is 3. The molecule has 3 heteroatoms. The van der Waals surface area contributed by atoms with Gasteiger partial charge in [-0.2, -0.15) is 0 Å². The highest BCUT2D eigenvalue weighted by Gasteiger charge is 2.24. The summed E-state index contributed by atoms with van der Waals surface area (Å²) in [4.78, 5) is 4.81. The van der Waals surface area contributed by atoms with E-state index in [-0.39, 0.29) is 5.54 Å². The Labute approximate surface area is 118 Å². The fourth-order valence-corrected chi connectivity index (χ4v) is 2.49. The van der Waals surface area contributed by atoms with Gasteiger partial charge in [0.05, 0.1) is 5.69 Å². The van der Waals surface area contributed by atoms with Crippen molar-refractivity contribution in [3.8, 4) is 0 Å². The molecule has 0 aliphatic rings. The average Bonchev–Trinajstić information content (AvgIpc) is 2.62. The van der Waals surface area contributed by atoms with Crippen LogP contribution >= 0.6 is 0 Å².